The van der Waals surface area contributed by atoms with Crippen LogP contribution in [0.25, 0.3) is 0 Å². The molecule has 2 atom stereocenters. The van der Waals surface area contributed by atoms with Gasteiger partial charge < -0.3 is 0 Å². The van der Waals surface area contributed by atoms with Gasteiger partial charge in [0.15, 0.2) is 0 Å². The van der Waals surface area contributed by atoms with E-state index in [2.05, 4.69) is 18.6 Å². The third-order valence-corrected chi connectivity index (χ3v) is 4.37. The highest BCUT2D eigenvalue weighted by molar-refractivity contribution is 7.90. The van der Waals surface area contributed by atoms with Crippen molar-refractivity contribution in [3.63, 3.8) is 0 Å². The lowest BCUT2D eigenvalue weighted by Crippen LogP contribution is -2.24. The van der Waals surface area contributed by atoms with E-state index >= 15 is 0 Å². The summed E-state index contributed by atoms with van der Waals surface area (Å²) in [5.74, 6) is 0.717. The maximum atomic E-state index is 11.2. The average molecular weight is 177 g/mol. The van der Waals surface area contributed by atoms with E-state index in [4.69, 9.17) is 0 Å². The highest BCUT2D eigenvalue weighted by Crippen LogP contribution is 2.24. The highest BCUT2D eigenvalue weighted by Gasteiger charge is 2.37. The van der Waals surface area contributed by atoms with Crippen LogP contribution in [0.2, 0.25) is 0 Å². The van der Waals surface area contributed by atoms with Crippen molar-refractivity contribution in [3.8, 4) is 0 Å². The van der Waals surface area contributed by atoms with E-state index in [0.29, 0.717) is 12.5 Å². The normalized spacial score (nSPS) is 36.4. The van der Waals surface area contributed by atoms with E-state index in [1.54, 1.807) is 6.92 Å². The Kier molecular flexibility index (Phi) is 2.25. The molecule has 1 saturated heterocycles. The molecule has 0 bridgehead atoms. The standard InChI is InChI=1S/C7H15NO2S/c1-5(2)7-4-8-11(9,10)6(7)3/h5-8H,4H2,1-3H3/t6-,7+/m1/s1. The van der Waals surface area contributed by atoms with Crippen LogP contribution in [0, 0.1) is 11.8 Å². The minimum atomic E-state index is -2.97. The maximum Gasteiger partial charge on any atom is 0.214 e. The predicted octanol–water partition coefficient (Wildman–Crippen LogP) is 0.580. The van der Waals surface area contributed by atoms with E-state index in [0.717, 1.165) is 0 Å². The summed E-state index contributed by atoms with van der Waals surface area (Å²) in [4.78, 5) is 0. The smallest absolute Gasteiger partial charge is 0.214 e. The largest absolute Gasteiger partial charge is 0.215 e. The second kappa shape index (κ2) is 2.75. The number of nitrogens with one attached hydrogen (secondary N) is 1. The number of hydrogen-bond donors (Lipinski definition) is 1. The average Bonchev–Trinajstić information content (AvgIpc) is 2.09. The van der Waals surface area contributed by atoms with E-state index in [1.807, 2.05) is 0 Å². The van der Waals surface area contributed by atoms with Gasteiger partial charge in [0, 0.05) is 6.54 Å². The van der Waals surface area contributed by atoms with Crippen LogP contribution in [-0.4, -0.2) is 20.2 Å². The van der Waals surface area contributed by atoms with Gasteiger partial charge in [-0.1, -0.05) is 13.8 Å². The Bertz CT molecular complexity index is 233. The summed E-state index contributed by atoms with van der Waals surface area (Å²) in [5, 5.41) is -0.220. The second-order valence-corrected chi connectivity index (χ2v) is 5.63. The second-order valence-electron chi connectivity index (χ2n) is 3.51. The van der Waals surface area contributed by atoms with Gasteiger partial charge in [-0.15, -0.1) is 0 Å². The molecular formula is C7H15NO2S. The van der Waals surface area contributed by atoms with Crippen LogP contribution in [0.3, 0.4) is 0 Å². The monoisotopic (exact) mass is 177 g/mol. The van der Waals surface area contributed by atoms with Gasteiger partial charge in [-0.25, -0.2) is 13.1 Å². The van der Waals surface area contributed by atoms with Gasteiger partial charge in [-0.2, -0.15) is 0 Å². The van der Waals surface area contributed by atoms with Gasteiger partial charge in [0.2, 0.25) is 10.0 Å². The van der Waals surface area contributed by atoms with Gasteiger partial charge in [-0.3, -0.25) is 0 Å². The van der Waals surface area contributed by atoms with Crippen LogP contribution >= 0.6 is 0 Å². The Labute approximate surface area is 68.2 Å². The summed E-state index contributed by atoms with van der Waals surface area (Å²) in [5.41, 5.74) is 0. The molecule has 1 aliphatic heterocycles. The fourth-order valence-corrected chi connectivity index (χ4v) is 3.08. The summed E-state index contributed by atoms with van der Waals surface area (Å²) < 4.78 is 24.9. The Morgan fingerprint density at radius 1 is 1.45 bits per heavy atom. The third-order valence-electron chi connectivity index (χ3n) is 2.47. The molecule has 4 heteroatoms. The lowest BCUT2D eigenvalue weighted by atomic mass is 9.93. The van der Waals surface area contributed by atoms with Crippen molar-refractivity contribution >= 4 is 10.0 Å². The van der Waals surface area contributed by atoms with E-state index in [1.165, 1.54) is 0 Å². The quantitative estimate of drug-likeness (QED) is 0.637. The molecule has 1 fully saturated rings. The molecule has 0 amide bonds. The zero-order valence-electron chi connectivity index (χ0n) is 7.16. The minimum Gasteiger partial charge on any atom is -0.215 e. The molecule has 0 aliphatic carbocycles. The minimum absolute atomic E-state index is 0.220. The lowest BCUT2D eigenvalue weighted by molar-refractivity contribution is 0.399. The molecule has 66 valence electrons. The molecule has 0 radical (unpaired) electrons. The van der Waals surface area contributed by atoms with Gasteiger partial charge in [0.1, 0.15) is 0 Å². The molecule has 0 saturated carbocycles. The molecule has 0 unspecified atom stereocenters. The van der Waals surface area contributed by atoms with Crippen molar-refractivity contribution in [3.05, 3.63) is 0 Å². The first-order chi connectivity index (χ1) is 4.95. The number of sulfonamides is 1. The highest BCUT2D eigenvalue weighted by atomic mass is 32.2. The maximum absolute atomic E-state index is 11.2. The van der Waals surface area contributed by atoms with Crippen LogP contribution in [-0.2, 0) is 10.0 Å². The zero-order chi connectivity index (χ0) is 8.65. The van der Waals surface area contributed by atoms with Gasteiger partial charge in [0.05, 0.1) is 5.25 Å². The molecule has 3 nitrogen and oxygen atoms in total. The van der Waals surface area contributed by atoms with Crippen LogP contribution in [0.15, 0.2) is 0 Å². The molecule has 11 heavy (non-hydrogen) atoms. The van der Waals surface area contributed by atoms with Crippen LogP contribution in [0.1, 0.15) is 20.8 Å². The first kappa shape index (κ1) is 9.00. The predicted molar refractivity (Wildman–Crippen MR) is 44.7 cm³/mol. The van der Waals surface area contributed by atoms with E-state index in [-0.39, 0.29) is 11.2 Å². The van der Waals surface area contributed by atoms with E-state index in [9.17, 15) is 8.42 Å². The van der Waals surface area contributed by atoms with Crippen LogP contribution in [0.5, 0.6) is 0 Å². The fourth-order valence-electron chi connectivity index (χ4n) is 1.52. The van der Waals surface area contributed by atoms with Crippen LogP contribution < -0.4 is 4.72 Å². The van der Waals surface area contributed by atoms with Crippen LogP contribution in [0.4, 0.5) is 0 Å². The Balaban J connectivity index is 2.79. The third kappa shape index (κ3) is 1.56. The summed E-state index contributed by atoms with van der Waals surface area (Å²) in [7, 11) is -2.97. The SMILES string of the molecule is CC(C)[C@@H]1CNS(=O)(=O)[C@@H]1C. The Hall–Kier alpha value is -0.0900. The molecule has 1 heterocycles. The molecular weight excluding hydrogens is 162 g/mol. The van der Waals surface area contributed by atoms with Gasteiger partial charge in [-0.05, 0) is 18.8 Å². The molecule has 0 aromatic rings. The van der Waals surface area contributed by atoms with Crippen molar-refractivity contribution in [2.75, 3.05) is 6.54 Å². The molecule has 0 spiro atoms. The summed E-state index contributed by atoms with van der Waals surface area (Å²) in [6.45, 7) is 6.51. The molecule has 0 aromatic carbocycles. The first-order valence-electron chi connectivity index (χ1n) is 3.93. The summed E-state index contributed by atoms with van der Waals surface area (Å²) >= 11 is 0. The summed E-state index contributed by atoms with van der Waals surface area (Å²) in [6.07, 6.45) is 0. The lowest BCUT2D eigenvalue weighted by Gasteiger charge is -2.15. The van der Waals surface area contributed by atoms with Crippen molar-refractivity contribution in [1.29, 1.82) is 0 Å². The van der Waals surface area contributed by atoms with E-state index < -0.39 is 10.0 Å². The number of rotatable bonds is 1. The zero-order valence-corrected chi connectivity index (χ0v) is 7.98. The van der Waals surface area contributed by atoms with Crippen molar-refractivity contribution in [1.82, 2.24) is 4.72 Å². The fraction of sp³-hybridized carbons (Fsp3) is 1.00. The van der Waals surface area contributed by atoms with Crippen molar-refractivity contribution in [2.24, 2.45) is 11.8 Å². The Morgan fingerprint density at radius 2 is 2.00 bits per heavy atom. The topological polar surface area (TPSA) is 46.2 Å². The van der Waals surface area contributed by atoms with Gasteiger partial charge >= 0.3 is 0 Å². The van der Waals surface area contributed by atoms with Crippen molar-refractivity contribution in [2.45, 2.75) is 26.0 Å². The van der Waals surface area contributed by atoms with Crippen molar-refractivity contribution < 1.29 is 8.42 Å². The first-order valence-corrected chi connectivity index (χ1v) is 5.48. The summed E-state index contributed by atoms with van der Waals surface area (Å²) in [6, 6.07) is 0. The molecule has 1 N–H and O–H groups in total. The molecule has 1 rings (SSSR count). The number of hydrogen-bond acceptors (Lipinski definition) is 2. The Morgan fingerprint density at radius 3 is 2.18 bits per heavy atom. The molecule has 1 aliphatic rings. The van der Waals surface area contributed by atoms with Gasteiger partial charge in [0.25, 0.3) is 0 Å². The molecule has 0 aromatic heterocycles.